The fourth-order valence-electron chi connectivity index (χ4n) is 5.83. The van der Waals surface area contributed by atoms with Crippen molar-refractivity contribution in [3.8, 4) is 0 Å². The van der Waals surface area contributed by atoms with Crippen LogP contribution in [0.4, 0.5) is 4.39 Å². The van der Waals surface area contributed by atoms with Crippen LogP contribution in [-0.2, 0) is 38.9 Å². The van der Waals surface area contributed by atoms with Crippen molar-refractivity contribution < 1.29 is 37.7 Å². The van der Waals surface area contributed by atoms with E-state index in [1.54, 1.807) is 26.0 Å². The molecule has 6 atom stereocenters. The van der Waals surface area contributed by atoms with Gasteiger partial charge in [-0.3, -0.25) is 19.3 Å². The van der Waals surface area contributed by atoms with E-state index in [4.69, 9.17) is 18.9 Å². The smallest absolute Gasteiger partial charge is 0.320 e. The zero-order chi connectivity index (χ0) is 23.3. The van der Waals surface area contributed by atoms with Crippen molar-refractivity contribution in [2.45, 2.75) is 38.1 Å². The molecule has 2 saturated heterocycles. The Morgan fingerprint density at radius 3 is 2.55 bits per heavy atom. The topological polar surface area (TPSA) is 91.4 Å². The second-order valence-corrected chi connectivity index (χ2v) is 9.80. The summed E-state index contributed by atoms with van der Waals surface area (Å²) in [6.07, 6.45) is -0.583. The number of benzene rings is 1. The molecule has 4 fully saturated rings. The molecular weight excluding hydrogens is 433 g/mol. The molecule has 8 nitrogen and oxygen atoms in total. The second kappa shape index (κ2) is 8.36. The zero-order valence-corrected chi connectivity index (χ0v) is 18.7. The normalized spacial score (nSPS) is 33.1. The fraction of sp³-hybridized carbons (Fsp3) is 0.625. The van der Waals surface area contributed by atoms with Crippen molar-refractivity contribution in [3.05, 3.63) is 35.6 Å². The van der Waals surface area contributed by atoms with Crippen molar-refractivity contribution in [2.24, 2.45) is 23.7 Å². The summed E-state index contributed by atoms with van der Waals surface area (Å²) in [4.78, 5) is 40.5. The largest absolute Gasteiger partial charge is 0.458 e. The summed E-state index contributed by atoms with van der Waals surface area (Å²) in [5, 5.41) is 0. The number of carbonyl (C=O) groups is 3. The summed E-state index contributed by atoms with van der Waals surface area (Å²) in [5.41, 5.74) is -0.377. The monoisotopic (exact) mass is 461 g/mol. The van der Waals surface area contributed by atoms with Crippen LogP contribution in [0.25, 0.3) is 0 Å². The van der Waals surface area contributed by atoms with Gasteiger partial charge in [-0.2, -0.15) is 0 Å². The number of halogens is 1. The Hall–Kier alpha value is -2.52. The molecule has 178 valence electrons. The van der Waals surface area contributed by atoms with Gasteiger partial charge >= 0.3 is 17.9 Å². The number of hydrogen-bond donors (Lipinski definition) is 0. The molecular formula is C24H28FNO7. The number of fused-ring (bicyclic) bond motifs is 1. The minimum Gasteiger partial charge on any atom is -0.458 e. The highest BCUT2D eigenvalue weighted by molar-refractivity contribution is 5.86. The number of esters is 3. The van der Waals surface area contributed by atoms with Crippen molar-refractivity contribution in [2.75, 3.05) is 32.8 Å². The van der Waals surface area contributed by atoms with Crippen molar-refractivity contribution >= 4 is 17.9 Å². The van der Waals surface area contributed by atoms with Gasteiger partial charge in [-0.05, 0) is 38.0 Å². The molecule has 0 radical (unpaired) electrons. The van der Waals surface area contributed by atoms with Gasteiger partial charge in [-0.1, -0.05) is 12.1 Å². The van der Waals surface area contributed by atoms with Crippen LogP contribution < -0.4 is 0 Å². The highest BCUT2D eigenvalue weighted by atomic mass is 19.1. The average molecular weight is 461 g/mol. The number of rotatable bonds is 6. The van der Waals surface area contributed by atoms with Gasteiger partial charge in [0.05, 0.1) is 31.6 Å². The first-order valence-corrected chi connectivity index (χ1v) is 11.4. The lowest BCUT2D eigenvalue weighted by Crippen LogP contribution is -2.46. The van der Waals surface area contributed by atoms with Gasteiger partial charge in [0, 0.05) is 24.9 Å². The molecule has 2 heterocycles. The van der Waals surface area contributed by atoms with E-state index in [1.165, 1.54) is 12.1 Å². The quantitative estimate of drug-likeness (QED) is 0.467. The number of ether oxygens (including phenoxy) is 4. The third-order valence-electron chi connectivity index (χ3n) is 7.44. The maximum Gasteiger partial charge on any atom is 0.320 e. The van der Waals surface area contributed by atoms with Gasteiger partial charge in [-0.15, -0.1) is 0 Å². The minimum absolute atomic E-state index is 0.133. The van der Waals surface area contributed by atoms with Gasteiger partial charge in [-0.25, -0.2) is 4.39 Å². The maximum absolute atomic E-state index is 13.3. The summed E-state index contributed by atoms with van der Waals surface area (Å²) in [6.45, 7) is 6.03. The van der Waals surface area contributed by atoms with E-state index in [0.29, 0.717) is 38.3 Å². The zero-order valence-electron chi connectivity index (χ0n) is 18.7. The molecule has 2 saturated carbocycles. The molecule has 33 heavy (non-hydrogen) atoms. The predicted molar refractivity (Wildman–Crippen MR) is 111 cm³/mol. The predicted octanol–water partition coefficient (Wildman–Crippen LogP) is 1.66. The Bertz CT molecular complexity index is 943. The van der Waals surface area contributed by atoms with Crippen molar-refractivity contribution in [1.82, 2.24) is 4.90 Å². The van der Waals surface area contributed by atoms with Gasteiger partial charge < -0.3 is 18.9 Å². The molecule has 2 aliphatic carbocycles. The lowest BCUT2D eigenvalue weighted by atomic mass is 9.78. The number of carbonyl (C=O) groups excluding carboxylic acids is 3. The van der Waals surface area contributed by atoms with Crippen LogP contribution in [0.5, 0.6) is 0 Å². The highest BCUT2D eigenvalue weighted by Crippen LogP contribution is 2.59. The minimum atomic E-state index is -1.02. The maximum atomic E-state index is 13.3. The van der Waals surface area contributed by atoms with Crippen LogP contribution in [-0.4, -0.2) is 67.9 Å². The molecule has 1 aromatic carbocycles. The molecule has 0 spiro atoms. The Morgan fingerprint density at radius 1 is 1.15 bits per heavy atom. The van der Waals surface area contributed by atoms with Gasteiger partial charge in [0.25, 0.3) is 0 Å². The molecule has 2 aliphatic heterocycles. The first kappa shape index (κ1) is 22.3. The van der Waals surface area contributed by atoms with E-state index in [2.05, 4.69) is 0 Å². The molecule has 5 rings (SSSR count). The lowest BCUT2D eigenvalue weighted by molar-refractivity contribution is -0.174. The Balaban J connectivity index is 1.29. The van der Waals surface area contributed by atoms with Crippen LogP contribution in [0.1, 0.15) is 25.8 Å². The van der Waals surface area contributed by atoms with E-state index in [1.807, 2.05) is 4.90 Å². The molecule has 1 aromatic rings. The standard InChI is InChI=1S/C24H28FNO7/c1-24(2,13-3-5-14(25)6-4-13)33-23(29)19-16-11-15-18(19)22(28)32-21(15)20(16)31-17(27)12-26-7-9-30-10-8-26/h3-6,15-16,18-21H,7-12H2,1-2H3. The van der Waals surface area contributed by atoms with E-state index >= 15 is 0 Å². The molecule has 0 amide bonds. The van der Waals surface area contributed by atoms with Gasteiger partial charge in [0.2, 0.25) is 0 Å². The van der Waals surface area contributed by atoms with Gasteiger partial charge in [0.15, 0.2) is 0 Å². The summed E-state index contributed by atoms with van der Waals surface area (Å²) in [5.74, 6) is -3.53. The van der Waals surface area contributed by atoms with Crippen LogP contribution in [0.3, 0.4) is 0 Å². The number of nitrogens with zero attached hydrogens (tertiary/aromatic N) is 1. The lowest BCUT2D eigenvalue weighted by Gasteiger charge is -2.34. The number of hydrogen-bond acceptors (Lipinski definition) is 8. The molecule has 0 aromatic heterocycles. The summed E-state index contributed by atoms with van der Waals surface area (Å²) >= 11 is 0. The summed E-state index contributed by atoms with van der Waals surface area (Å²) in [7, 11) is 0. The van der Waals surface area contributed by atoms with Crippen LogP contribution in [0, 0.1) is 29.5 Å². The fourth-order valence-corrected chi connectivity index (χ4v) is 5.83. The van der Waals surface area contributed by atoms with E-state index in [0.717, 1.165) is 0 Å². The van der Waals surface area contributed by atoms with Gasteiger partial charge in [0.1, 0.15) is 23.6 Å². The van der Waals surface area contributed by atoms with Crippen LogP contribution >= 0.6 is 0 Å². The molecule has 4 aliphatic rings. The van der Waals surface area contributed by atoms with Crippen LogP contribution in [0.15, 0.2) is 24.3 Å². The Labute approximate surface area is 191 Å². The van der Waals surface area contributed by atoms with Crippen molar-refractivity contribution in [1.29, 1.82) is 0 Å². The molecule has 0 N–H and O–H groups in total. The summed E-state index contributed by atoms with van der Waals surface area (Å²) in [6, 6.07) is 5.76. The first-order chi connectivity index (χ1) is 15.7. The van der Waals surface area contributed by atoms with Crippen LogP contribution in [0.2, 0.25) is 0 Å². The van der Waals surface area contributed by atoms with E-state index in [-0.39, 0.29) is 24.2 Å². The SMILES string of the molecule is CC(C)(OC(=O)C1C2CC3C(OC(=O)C31)C2OC(=O)CN1CCOCC1)c1ccc(F)cc1. The third-order valence-corrected chi connectivity index (χ3v) is 7.44. The van der Waals surface area contributed by atoms with E-state index < -0.39 is 47.6 Å². The Morgan fingerprint density at radius 2 is 1.85 bits per heavy atom. The third kappa shape index (κ3) is 4.01. The second-order valence-electron chi connectivity index (χ2n) is 9.80. The molecule has 6 unspecified atom stereocenters. The Kier molecular flexibility index (Phi) is 5.64. The molecule has 9 heteroatoms. The first-order valence-electron chi connectivity index (χ1n) is 11.4. The highest BCUT2D eigenvalue weighted by Gasteiger charge is 2.70. The van der Waals surface area contributed by atoms with E-state index in [9.17, 15) is 18.8 Å². The summed E-state index contributed by atoms with van der Waals surface area (Å²) < 4.78 is 35.8. The number of morpholine rings is 1. The average Bonchev–Trinajstić information content (AvgIpc) is 3.38. The van der Waals surface area contributed by atoms with Crippen molar-refractivity contribution in [3.63, 3.8) is 0 Å². The molecule has 2 bridgehead atoms.